The van der Waals surface area contributed by atoms with E-state index in [9.17, 15) is 4.79 Å². The molecule has 1 fully saturated rings. The van der Waals surface area contributed by atoms with Gasteiger partial charge in [0.25, 0.3) is 0 Å². The van der Waals surface area contributed by atoms with Gasteiger partial charge in [0.1, 0.15) is 0 Å². The summed E-state index contributed by atoms with van der Waals surface area (Å²) >= 11 is 0. The Morgan fingerprint density at radius 2 is 2.07 bits per heavy atom. The number of rotatable bonds is 6. The van der Waals surface area contributed by atoms with E-state index in [1.54, 1.807) is 0 Å². The second kappa shape index (κ2) is 4.64. The zero-order valence-electron chi connectivity index (χ0n) is 8.97. The minimum atomic E-state index is -0.944. The Kier molecular flexibility index (Phi) is 3.75. The minimum Gasteiger partial charge on any atom is -0.465 e. The fourth-order valence-corrected chi connectivity index (χ4v) is 1.31. The Hall–Kier alpha value is -0.770. The summed E-state index contributed by atoms with van der Waals surface area (Å²) in [4.78, 5) is 10.3. The van der Waals surface area contributed by atoms with Gasteiger partial charge in [-0.25, -0.2) is 4.79 Å². The highest BCUT2D eigenvalue weighted by atomic mass is 16.4. The summed E-state index contributed by atoms with van der Waals surface area (Å²) in [6.45, 7) is 6.56. The van der Waals surface area contributed by atoms with E-state index in [1.807, 2.05) is 0 Å². The van der Waals surface area contributed by atoms with Crippen LogP contribution in [0.4, 0.5) is 4.79 Å². The Bertz CT molecular complexity index is 200. The Morgan fingerprint density at radius 1 is 1.43 bits per heavy atom. The summed E-state index contributed by atoms with van der Waals surface area (Å²) in [6, 6.07) is 0. The number of hydrogen-bond donors (Lipinski definition) is 3. The van der Waals surface area contributed by atoms with Gasteiger partial charge in [0, 0.05) is 13.1 Å². The number of hydrogen-bond acceptors (Lipinski definition) is 2. The highest BCUT2D eigenvalue weighted by Crippen LogP contribution is 2.27. The summed E-state index contributed by atoms with van der Waals surface area (Å²) in [6.07, 6.45) is 1.75. The van der Waals surface area contributed by atoms with Crippen molar-refractivity contribution in [2.75, 3.05) is 19.6 Å². The maximum Gasteiger partial charge on any atom is 0.404 e. The monoisotopic (exact) mass is 200 g/mol. The smallest absolute Gasteiger partial charge is 0.404 e. The average molecular weight is 200 g/mol. The molecule has 0 unspecified atom stereocenters. The summed E-state index contributed by atoms with van der Waals surface area (Å²) in [5.41, 5.74) is -0.00667. The SMILES string of the molecule is CC(C)(CNCC1CC1)CNC(=O)O. The van der Waals surface area contributed by atoms with Crippen molar-refractivity contribution in [3.63, 3.8) is 0 Å². The van der Waals surface area contributed by atoms with Crippen molar-refractivity contribution in [3.8, 4) is 0 Å². The molecular weight excluding hydrogens is 180 g/mol. The van der Waals surface area contributed by atoms with E-state index in [0.29, 0.717) is 6.54 Å². The lowest BCUT2D eigenvalue weighted by molar-refractivity contribution is 0.187. The molecule has 0 aromatic heterocycles. The summed E-state index contributed by atoms with van der Waals surface area (Å²) in [5.74, 6) is 0.873. The first-order valence-corrected chi connectivity index (χ1v) is 5.17. The predicted octanol–water partition coefficient (Wildman–Crippen LogP) is 1.28. The largest absolute Gasteiger partial charge is 0.465 e. The van der Waals surface area contributed by atoms with Gasteiger partial charge in [0.05, 0.1) is 0 Å². The normalized spacial score (nSPS) is 16.7. The third kappa shape index (κ3) is 5.07. The van der Waals surface area contributed by atoms with E-state index in [0.717, 1.165) is 19.0 Å². The molecule has 0 heterocycles. The molecule has 0 aliphatic heterocycles. The van der Waals surface area contributed by atoms with Crippen molar-refractivity contribution in [2.45, 2.75) is 26.7 Å². The molecule has 1 aliphatic carbocycles. The highest BCUT2D eigenvalue weighted by Gasteiger charge is 2.23. The zero-order valence-corrected chi connectivity index (χ0v) is 8.97. The molecule has 1 amide bonds. The van der Waals surface area contributed by atoms with Gasteiger partial charge >= 0.3 is 6.09 Å². The van der Waals surface area contributed by atoms with Gasteiger partial charge in [-0.05, 0) is 30.7 Å². The Balaban J connectivity index is 2.08. The molecule has 0 saturated heterocycles. The molecule has 4 nitrogen and oxygen atoms in total. The van der Waals surface area contributed by atoms with Gasteiger partial charge < -0.3 is 15.7 Å². The van der Waals surface area contributed by atoms with E-state index in [4.69, 9.17) is 5.11 Å². The van der Waals surface area contributed by atoms with Crippen molar-refractivity contribution >= 4 is 6.09 Å². The van der Waals surface area contributed by atoms with Gasteiger partial charge in [-0.3, -0.25) is 0 Å². The van der Waals surface area contributed by atoms with Crippen LogP contribution in [0.2, 0.25) is 0 Å². The van der Waals surface area contributed by atoms with Crippen LogP contribution in [0.3, 0.4) is 0 Å². The fraction of sp³-hybridized carbons (Fsp3) is 0.900. The van der Waals surface area contributed by atoms with E-state index >= 15 is 0 Å². The minimum absolute atomic E-state index is 0.00667. The molecule has 1 saturated carbocycles. The molecule has 1 rings (SSSR count). The van der Waals surface area contributed by atoms with E-state index in [2.05, 4.69) is 24.5 Å². The maximum atomic E-state index is 10.3. The molecule has 0 bridgehead atoms. The zero-order chi connectivity index (χ0) is 10.6. The van der Waals surface area contributed by atoms with E-state index < -0.39 is 6.09 Å². The lowest BCUT2D eigenvalue weighted by Crippen LogP contribution is -2.40. The second-order valence-corrected chi connectivity index (χ2v) is 4.90. The maximum absolute atomic E-state index is 10.3. The van der Waals surface area contributed by atoms with Gasteiger partial charge in [0.2, 0.25) is 0 Å². The average Bonchev–Trinajstić information content (AvgIpc) is 2.85. The van der Waals surface area contributed by atoms with Gasteiger partial charge in [0.15, 0.2) is 0 Å². The molecule has 0 radical (unpaired) electrons. The molecule has 14 heavy (non-hydrogen) atoms. The molecule has 0 aromatic carbocycles. The summed E-state index contributed by atoms with van der Waals surface area (Å²) in [7, 11) is 0. The molecule has 0 aromatic rings. The second-order valence-electron chi connectivity index (χ2n) is 4.90. The number of carbonyl (C=O) groups is 1. The molecule has 82 valence electrons. The lowest BCUT2D eigenvalue weighted by atomic mass is 9.93. The predicted molar refractivity (Wildman–Crippen MR) is 55.4 cm³/mol. The Morgan fingerprint density at radius 3 is 2.57 bits per heavy atom. The van der Waals surface area contributed by atoms with Gasteiger partial charge in [-0.2, -0.15) is 0 Å². The van der Waals surface area contributed by atoms with Crippen molar-refractivity contribution in [2.24, 2.45) is 11.3 Å². The van der Waals surface area contributed by atoms with E-state index in [1.165, 1.54) is 12.8 Å². The summed E-state index contributed by atoms with van der Waals surface area (Å²) in [5, 5.41) is 14.3. The van der Waals surface area contributed by atoms with Crippen LogP contribution in [0.25, 0.3) is 0 Å². The van der Waals surface area contributed by atoms with Crippen LogP contribution in [0, 0.1) is 11.3 Å². The van der Waals surface area contributed by atoms with Crippen LogP contribution in [0.1, 0.15) is 26.7 Å². The van der Waals surface area contributed by atoms with Crippen LogP contribution in [-0.4, -0.2) is 30.8 Å². The van der Waals surface area contributed by atoms with Crippen molar-refractivity contribution < 1.29 is 9.90 Å². The first kappa shape index (κ1) is 11.3. The third-order valence-electron chi connectivity index (χ3n) is 2.45. The standard InChI is InChI=1S/C10H20N2O2/c1-10(2,7-12-9(13)14)6-11-5-8-3-4-8/h8,11-12H,3-7H2,1-2H3,(H,13,14). The van der Waals surface area contributed by atoms with Gasteiger partial charge in [-0.15, -0.1) is 0 Å². The number of amides is 1. The van der Waals surface area contributed by atoms with E-state index in [-0.39, 0.29) is 5.41 Å². The van der Waals surface area contributed by atoms with Crippen molar-refractivity contribution in [1.82, 2.24) is 10.6 Å². The number of carboxylic acid groups (broad SMARTS) is 1. The quantitative estimate of drug-likeness (QED) is 0.605. The molecular formula is C10H20N2O2. The molecule has 1 aliphatic rings. The van der Waals surface area contributed by atoms with Crippen LogP contribution in [0.15, 0.2) is 0 Å². The topological polar surface area (TPSA) is 61.4 Å². The third-order valence-corrected chi connectivity index (χ3v) is 2.45. The first-order valence-electron chi connectivity index (χ1n) is 5.17. The van der Waals surface area contributed by atoms with Crippen LogP contribution in [0.5, 0.6) is 0 Å². The van der Waals surface area contributed by atoms with Crippen LogP contribution >= 0.6 is 0 Å². The molecule has 4 heteroatoms. The van der Waals surface area contributed by atoms with Crippen LogP contribution in [-0.2, 0) is 0 Å². The lowest BCUT2D eigenvalue weighted by Gasteiger charge is -2.24. The molecule has 3 N–H and O–H groups in total. The summed E-state index contributed by atoms with van der Waals surface area (Å²) < 4.78 is 0. The van der Waals surface area contributed by atoms with Crippen molar-refractivity contribution in [3.05, 3.63) is 0 Å². The first-order chi connectivity index (χ1) is 6.49. The fourth-order valence-electron chi connectivity index (χ4n) is 1.31. The molecule has 0 atom stereocenters. The van der Waals surface area contributed by atoms with Gasteiger partial charge in [-0.1, -0.05) is 13.8 Å². The Labute approximate surface area is 85.1 Å². The molecule has 0 spiro atoms. The number of nitrogens with one attached hydrogen (secondary N) is 2. The van der Waals surface area contributed by atoms with Crippen LogP contribution < -0.4 is 10.6 Å². The highest BCUT2D eigenvalue weighted by molar-refractivity contribution is 5.64. The van der Waals surface area contributed by atoms with Crippen molar-refractivity contribution in [1.29, 1.82) is 0 Å².